The van der Waals surface area contributed by atoms with Crippen LogP contribution in [0, 0.1) is 30.1 Å². The predicted molar refractivity (Wildman–Crippen MR) is 227 cm³/mol. The van der Waals surface area contributed by atoms with E-state index < -0.39 is 21.7 Å². The molecule has 2 saturated heterocycles. The van der Waals surface area contributed by atoms with E-state index in [2.05, 4.69) is 47.4 Å². The highest BCUT2D eigenvalue weighted by Gasteiger charge is 2.33. The summed E-state index contributed by atoms with van der Waals surface area (Å²) >= 11 is 7.74. The molecule has 0 unspecified atom stereocenters. The average molecular weight is 848 g/mol. The fourth-order valence-electron chi connectivity index (χ4n) is 7.68. The Morgan fingerprint density at radius 1 is 1.10 bits per heavy atom. The second kappa shape index (κ2) is 16.8. The molecule has 300 valence electrons. The predicted octanol–water partition coefficient (Wildman–Crippen LogP) is 5.30. The molecule has 59 heavy (non-hydrogen) atoms. The molecule has 0 radical (unpaired) electrons. The van der Waals surface area contributed by atoms with Gasteiger partial charge in [-0.25, -0.2) is 23.1 Å². The molecule has 14 nitrogen and oxygen atoms in total. The first-order valence-corrected chi connectivity index (χ1v) is 21.9. The Labute approximate surface area is 349 Å². The van der Waals surface area contributed by atoms with Crippen molar-refractivity contribution in [3.8, 4) is 29.0 Å². The Morgan fingerprint density at radius 2 is 1.92 bits per heavy atom. The zero-order valence-electron chi connectivity index (χ0n) is 32.2. The SMILES string of the molecule is CCN(c1ncc2nc(C)n(CC#Cc3ccc(Cl)cc3-c3ccnc4c(C(=O)NS(=O)(=O)Cc5ccccn5)csc34)c(=O)c2c1C#N)C1CCN(C2COC2)CC1. The van der Waals surface area contributed by atoms with Crippen LogP contribution in [0.25, 0.3) is 32.2 Å². The molecule has 0 atom stereocenters. The van der Waals surface area contributed by atoms with Gasteiger partial charge in [-0.15, -0.1) is 11.3 Å². The summed E-state index contributed by atoms with van der Waals surface area (Å²) < 4.78 is 35.3. The van der Waals surface area contributed by atoms with Crippen LogP contribution < -0.4 is 15.2 Å². The first-order chi connectivity index (χ1) is 28.5. The number of thiophene rings is 1. The largest absolute Gasteiger partial charge is 0.378 e. The number of carbonyl (C=O) groups is 1. The van der Waals surface area contributed by atoms with Gasteiger partial charge in [0.1, 0.15) is 29.0 Å². The summed E-state index contributed by atoms with van der Waals surface area (Å²) in [7, 11) is -4.05. The van der Waals surface area contributed by atoms with Crippen LogP contribution in [0.15, 0.2) is 71.2 Å². The summed E-state index contributed by atoms with van der Waals surface area (Å²) in [5, 5.41) is 12.7. The fourth-order valence-corrected chi connectivity index (χ4v) is 9.91. The number of nitriles is 1. The van der Waals surface area contributed by atoms with Gasteiger partial charge in [0.25, 0.3) is 11.5 Å². The van der Waals surface area contributed by atoms with E-state index in [1.54, 1.807) is 61.0 Å². The standard InChI is InChI=1S/C42H38ClN9O5S2/c1-3-51(30-12-17-50(18-13-30)31-22-57-23-31)40-34(20-44)37-36(21-47-40)48-26(2)52(42(37)54)16-6-7-27-9-10-28(43)19-33(27)32-11-15-46-38-35(24-58-39(32)38)41(53)49-59(55,56)25-29-8-4-5-14-45-29/h4-5,8-11,14-15,19,21,24,30-31H,3,12-13,16-18,22-23,25H2,1-2H3,(H,49,53). The maximum atomic E-state index is 14.2. The monoisotopic (exact) mass is 847 g/mol. The van der Waals surface area contributed by atoms with Crippen LogP contribution in [0.4, 0.5) is 5.82 Å². The van der Waals surface area contributed by atoms with Gasteiger partial charge < -0.3 is 9.64 Å². The number of hydrogen-bond acceptors (Lipinski definition) is 13. The van der Waals surface area contributed by atoms with Crippen molar-refractivity contribution in [1.82, 2.24) is 34.1 Å². The molecular weight excluding hydrogens is 810 g/mol. The van der Waals surface area contributed by atoms with Crippen molar-refractivity contribution in [3.05, 3.63) is 110 Å². The maximum absolute atomic E-state index is 14.2. The lowest BCUT2D eigenvalue weighted by Gasteiger charge is -2.44. The molecular formula is C42H38ClN9O5S2. The lowest BCUT2D eigenvalue weighted by molar-refractivity contribution is -0.0711. The van der Waals surface area contributed by atoms with E-state index in [0.717, 1.165) is 39.1 Å². The van der Waals surface area contributed by atoms with Gasteiger partial charge in [-0.1, -0.05) is 29.5 Å². The molecule has 5 aromatic heterocycles. The number of piperidine rings is 1. The highest BCUT2D eigenvalue weighted by atomic mass is 35.5. The quantitative estimate of drug-likeness (QED) is 0.177. The number of ether oxygens (including phenoxy) is 1. The van der Waals surface area contributed by atoms with Crippen molar-refractivity contribution in [2.24, 2.45) is 0 Å². The number of halogens is 1. The van der Waals surface area contributed by atoms with Crippen molar-refractivity contribution in [3.63, 3.8) is 0 Å². The number of amides is 1. The normalized spacial score (nSPS) is 15.0. The average Bonchev–Trinajstić information content (AvgIpc) is 3.65. The van der Waals surface area contributed by atoms with Gasteiger partial charge in [-0.2, -0.15) is 5.26 Å². The van der Waals surface area contributed by atoms with Crippen molar-refractivity contribution in [2.45, 2.75) is 51.1 Å². The van der Waals surface area contributed by atoms with Crippen LogP contribution in [0.2, 0.25) is 5.02 Å². The summed E-state index contributed by atoms with van der Waals surface area (Å²) in [5.74, 6) is 5.97. The van der Waals surface area contributed by atoms with Crippen LogP contribution in [0.5, 0.6) is 0 Å². The van der Waals surface area contributed by atoms with Crippen molar-refractivity contribution < 1.29 is 17.9 Å². The second-order valence-corrected chi connectivity index (χ2v) is 17.4. The minimum atomic E-state index is -4.05. The van der Waals surface area contributed by atoms with Gasteiger partial charge in [-0.3, -0.25) is 29.0 Å². The third kappa shape index (κ3) is 8.15. The van der Waals surface area contributed by atoms with Crippen LogP contribution in [0.3, 0.4) is 0 Å². The van der Waals surface area contributed by atoms with Gasteiger partial charge >= 0.3 is 0 Å². The van der Waals surface area contributed by atoms with Gasteiger partial charge in [0.2, 0.25) is 10.0 Å². The number of fused-ring (bicyclic) bond motifs is 2. The number of rotatable bonds is 10. The van der Waals surface area contributed by atoms with Crippen LogP contribution >= 0.6 is 22.9 Å². The number of nitrogens with one attached hydrogen (secondary N) is 1. The Balaban J connectivity index is 1.07. The smallest absolute Gasteiger partial charge is 0.267 e. The Morgan fingerprint density at radius 3 is 2.63 bits per heavy atom. The molecule has 17 heteroatoms. The molecule has 0 bridgehead atoms. The van der Waals surface area contributed by atoms with E-state index in [1.165, 1.54) is 28.3 Å². The van der Waals surface area contributed by atoms with Gasteiger partial charge in [-0.05, 0) is 63.1 Å². The highest BCUT2D eigenvalue weighted by molar-refractivity contribution is 7.89. The van der Waals surface area contributed by atoms with Crippen molar-refractivity contribution >= 4 is 65.8 Å². The Bertz CT molecular complexity index is 2870. The number of hydrogen-bond donors (Lipinski definition) is 1. The summed E-state index contributed by atoms with van der Waals surface area (Å²) in [6.07, 6.45) is 6.43. The fraction of sp³-hybridized carbons (Fsp3) is 0.310. The molecule has 8 rings (SSSR count). The molecule has 1 N–H and O–H groups in total. The number of pyridine rings is 3. The first-order valence-electron chi connectivity index (χ1n) is 19.0. The molecule has 2 fully saturated rings. The van der Waals surface area contributed by atoms with Gasteiger partial charge in [0.05, 0.1) is 64.4 Å². The minimum absolute atomic E-state index is 0.0128. The molecule has 1 amide bonds. The summed E-state index contributed by atoms with van der Waals surface area (Å²) in [6, 6.07) is 14.9. The first kappa shape index (κ1) is 40.0. The topological polar surface area (TPSA) is 176 Å². The highest BCUT2D eigenvalue weighted by Crippen LogP contribution is 2.37. The number of nitrogens with zero attached hydrogens (tertiary/aromatic N) is 8. The molecule has 0 aliphatic carbocycles. The Kier molecular flexibility index (Phi) is 11.4. The van der Waals surface area contributed by atoms with Crippen LogP contribution in [-0.2, 0) is 27.1 Å². The van der Waals surface area contributed by atoms with E-state index in [4.69, 9.17) is 21.3 Å². The number of anilines is 1. The van der Waals surface area contributed by atoms with Crippen LogP contribution in [0.1, 0.15) is 52.8 Å². The summed E-state index contributed by atoms with van der Waals surface area (Å²) in [6.45, 7) is 7.79. The lowest BCUT2D eigenvalue weighted by atomic mass is 10.00. The van der Waals surface area contributed by atoms with E-state index in [0.29, 0.717) is 67.4 Å². The van der Waals surface area contributed by atoms with Gasteiger partial charge in [0.15, 0.2) is 0 Å². The number of aryl methyl sites for hydroxylation is 1. The summed E-state index contributed by atoms with van der Waals surface area (Å²) in [4.78, 5) is 50.0. The number of aromatic nitrogens is 5. The molecule has 6 aromatic rings. The zero-order valence-corrected chi connectivity index (χ0v) is 34.6. The molecule has 0 spiro atoms. The number of sulfonamides is 1. The van der Waals surface area contributed by atoms with Gasteiger partial charge in [0, 0.05) is 65.2 Å². The summed E-state index contributed by atoms with van der Waals surface area (Å²) in [5.41, 5.74) is 2.83. The number of carbonyl (C=O) groups excluding carboxylic acids is 1. The number of benzene rings is 1. The molecule has 2 aliphatic rings. The maximum Gasteiger partial charge on any atom is 0.267 e. The lowest BCUT2D eigenvalue weighted by Crippen LogP contribution is -2.54. The third-order valence-electron chi connectivity index (χ3n) is 10.7. The van der Waals surface area contributed by atoms with Crippen molar-refractivity contribution in [2.75, 3.05) is 37.7 Å². The van der Waals surface area contributed by atoms with E-state index in [9.17, 15) is 23.3 Å². The number of likely N-dealkylation sites (tertiary alicyclic amines) is 1. The van der Waals surface area contributed by atoms with Crippen LogP contribution in [-0.4, -0.2) is 88.7 Å². The van der Waals surface area contributed by atoms with E-state index in [-0.39, 0.29) is 34.7 Å². The Hall–Kier alpha value is -5.75. The van der Waals surface area contributed by atoms with E-state index >= 15 is 0 Å². The second-order valence-electron chi connectivity index (χ2n) is 14.3. The molecule has 1 aromatic carbocycles. The molecule has 0 saturated carbocycles. The molecule has 7 heterocycles. The zero-order chi connectivity index (χ0) is 41.3. The van der Waals surface area contributed by atoms with E-state index in [1.807, 2.05) is 6.92 Å². The van der Waals surface area contributed by atoms with Crippen molar-refractivity contribution in [1.29, 1.82) is 5.26 Å². The third-order valence-corrected chi connectivity index (χ3v) is 13.1. The minimum Gasteiger partial charge on any atom is -0.378 e. The molecule has 2 aliphatic heterocycles.